The summed E-state index contributed by atoms with van der Waals surface area (Å²) in [5.74, 6) is 1.33. The Kier molecular flexibility index (Phi) is 17.9. The fourth-order valence-electron chi connectivity index (χ4n) is 1.17. The second-order valence-corrected chi connectivity index (χ2v) is 4.49. The minimum absolute atomic E-state index is 0.269. The first kappa shape index (κ1) is 18.9. The van der Waals surface area contributed by atoms with Crippen LogP contribution in [0.5, 0.6) is 0 Å². The van der Waals surface area contributed by atoms with E-state index in [1.807, 2.05) is 0 Å². The minimum atomic E-state index is 0.269. The van der Waals surface area contributed by atoms with Crippen LogP contribution in [0.2, 0.25) is 0 Å². The minimum Gasteiger partial charge on any atom is -0.355 e. The van der Waals surface area contributed by atoms with Crippen LogP contribution in [0.25, 0.3) is 0 Å². The summed E-state index contributed by atoms with van der Waals surface area (Å²) >= 11 is 11.1. The molecule has 3 nitrogen and oxygen atoms in total. The fourth-order valence-corrected chi connectivity index (χ4v) is 1.42. The lowest BCUT2D eigenvalue weighted by molar-refractivity contribution is -0.129. The van der Waals surface area contributed by atoms with Gasteiger partial charge in [0.1, 0.15) is 13.6 Å². The monoisotopic (exact) mass is 310 g/mol. The van der Waals surface area contributed by atoms with Crippen molar-refractivity contribution in [2.75, 3.05) is 38.6 Å². The van der Waals surface area contributed by atoms with Gasteiger partial charge in [0.25, 0.3) is 0 Å². The molecule has 19 heavy (non-hydrogen) atoms. The number of rotatable bonds is 14. The number of alkyl halides is 2. The van der Waals surface area contributed by atoms with Crippen molar-refractivity contribution in [1.29, 1.82) is 0 Å². The van der Waals surface area contributed by atoms with Crippen LogP contribution >= 0.6 is 23.2 Å². The molecule has 0 fully saturated rings. The first-order valence-corrected chi connectivity index (χ1v) is 7.64. The van der Waals surface area contributed by atoms with E-state index < -0.39 is 0 Å². The molecule has 0 aliphatic heterocycles. The molecule has 0 aromatic rings. The van der Waals surface area contributed by atoms with Gasteiger partial charge in [0.15, 0.2) is 0 Å². The predicted octanol–water partition coefficient (Wildman–Crippen LogP) is 4.10. The van der Waals surface area contributed by atoms with Gasteiger partial charge in [-0.15, -0.1) is 23.2 Å². The summed E-state index contributed by atoms with van der Waals surface area (Å²) < 4.78 is 15.7. The van der Waals surface area contributed by atoms with Gasteiger partial charge in [-0.25, -0.2) is 0 Å². The number of halogens is 2. The van der Waals surface area contributed by atoms with Gasteiger partial charge in [-0.2, -0.15) is 0 Å². The van der Waals surface area contributed by atoms with E-state index in [0.29, 0.717) is 25.0 Å². The fraction of sp³-hybridized carbons (Fsp3) is 0.714. The normalized spacial score (nSPS) is 11.9. The van der Waals surface area contributed by atoms with Gasteiger partial charge < -0.3 is 14.2 Å². The molecule has 0 N–H and O–H groups in total. The highest BCUT2D eigenvalue weighted by Crippen LogP contribution is 1.93. The second kappa shape index (κ2) is 17.9. The van der Waals surface area contributed by atoms with Crippen molar-refractivity contribution in [3.05, 3.63) is 24.3 Å². The molecule has 5 heteroatoms. The summed E-state index contributed by atoms with van der Waals surface area (Å²) in [6.45, 7) is 1.84. The van der Waals surface area contributed by atoms with Crippen LogP contribution in [0.15, 0.2) is 24.3 Å². The molecule has 112 valence electrons. The number of hydrogen-bond acceptors (Lipinski definition) is 3. The zero-order valence-electron chi connectivity index (χ0n) is 11.4. The highest BCUT2D eigenvalue weighted by atomic mass is 35.5. The molecule has 0 aromatic carbocycles. The summed E-state index contributed by atoms with van der Waals surface area (Å²) in [4.78, 5) is 0. The first-order valence-electron chi connectivity index (χ1n) is 6.57. The summed E-state index contributed by atoms with van der Waals surface area (Å²) in [5, 5.41) is 0. The Bertz CT molecular complexity index is 199. The molecule has 0 saturated heterocycles. The lowest BCUT2D eigenvalue weighted by atomic mass is 10.3. The molecule has 0 spiro atoms. The van der Waals surface area contributed by atoms with Crippen LogP contribution < -0.4 is 0 Å². The van der Waals surface area contributed by atoms with Gasteiger partial charge in [-0.3, -0.25) is 0 Å². The number of ether oxygens (including phenoxy) is 3. The zero-order chi connectivity index (χ0) is 14.0. The van der Waals surface area contributed by atoms with Crippen molar-refractivity contribution in [3.63, 3.8) is 0 Å². The van der Waals surface area contributed by atoms with Crippen molar-refractivity contribution >= 4 is 23.2 Å². The number of allylic oxidation sites excluding steroid dienone is 2. The number of hydrogen-bond donors (Lipinski definition) is 0. The van der Waals surface area contributed by atoms with Crippen LogP contribution in [0, 0.1) is 0 Å². The maximum absolute atomic E-state index is 5.53. The predicted molar refractivity (Wildman–Crippen MR) is 80.9 cm³/mol. The van der Waals surface area contributed by atoms with Gasteiger partial charge in [-0.1, -0.05) is 24.3 Å². The quantitative estimate of drug-likeness (QED) is 0.209. The molecule has 0 aliphatic carbocycles. The maximum Gasteiger partial charge on any atom is 0.149 e. The third-order valence-corrected chi connectivity index (χ3v) is 2.51. The first-order chi connectivity index (χ1) is 9.41. The van der Waals surface area contributed by atoms with Crippen LogP contribution in [-0.2, 0) is 14.2 Å². The lowest BCUT2D eigenvalue weighted by Gasteiger charge is -2.05. The standard InChI is InChI=1S/C14H24Cl2O3/c15-9-5-1-3-7-11-17-13-19-14-18-12-8-4-2-6-10-16/h1-4H,5-14H2. The van der Waals surface area contributed by atoms with Gasteiger partial charge in [0.2, 0.25) is 0 Å². The Balaban J connectivity index is 3.02. The van der Waals surface area contributed by atoms with Gasteiger partial charge in [-0.05, 0) is 25.7 Å². The molecular formula is C14H24Cl2O3. The van der Waals surface area contributed by atoms with E-state index in [1.54, 1.807) is 0 Å². The summed E-state index contributed by atoms with van der Waals surface area (Å²) in [5.41, 5.74) is 0. The average Bonchev–Trinajstić information content (AvgIpc) is 2.43. The summed E-state index contributed by atoms with van der Waals surface area (Å²) in [6.07, 6.45) is 11.8. The maximum atomic E-state index is 5.53. The smallest absolute Gasteiger partial charge is 0.149 e. The van der Waals surface area contributed by atoms with Crippen molar-refractivity contribution in [2.24, 2.45) is 0 Å². The molecule has 0 bridgehead atoms. The molecule has 0 aliphatic rings. The van der Waals surface area contributed by atoms with Crippen LogP contribution in [0.4, 0.5) is 0 Å². The molecule has 0 aromatic heterocycles. The van der Waals surface area contributed by atoms with E-state index in [4.69, 9.17) is 37.4 Å². The highest BCUT2D eigenvalue weighted by molar-refractivity contribution is 6.18. The molecule has 0 unspecified atom stereocenters. The Morgan fingerprint density at radius 1 is 0.579 bits per heavy atom. The summed E-state index contributed by atoms with van der Waals surface area (Å²) in [7, 11) is 0. The highest BCUT2D eigenvalue weighted by Gasteiger charge is 1.88. The topological polar surface area (TPSA) is 27.7 Å². The van der Waals surface area contributed by atoms with Crippen LogP contribution in [-0.4, -0.2) is 38.6 Å². The third kappa shape index (κ3) is 17.9. The van der Waals surface area contributed by atoms with Crippen LogP contribution in [0.1, 0.15) is 25.7 Å². The molecular weight excluding hydrogens is 287 g/mol. The average molecular weight is 311 g/mol. The largest absolute Gasteiger partial charge is 0.355 e. The SMILES string of the molecule is ClCCC=CCCOCOCOCCC=CCCCl. The summed E-state index contributed by atoms with van der Waals surface area (Å²) in [6, 6.07) is 0. The van der Waals surface area contributed by atoms with Crippen LogP contribution in [0.3, 0.4) is 0 Å². The van der Waals surface area contributed by atoms with E-state index in [0.717, 1.165) is 25.7 Å². The second-order valence-electron chi connectivity index (χ2n) is 3.73. The molecule has 0 radical (unpaired) electrons. The van der Waals surface area contributed by atoms with Crippen molar-refractivity contribution in [2.45, 2.75) is 25.7 Å². The Morgan fingerprint density at radius 2 is 1.00 bits per heavy atom. The van der Waals surface area contributed by atoms with E-state index in [-0.39, 0.29) is 13.6 Å². The van der Waals surface area contributed by atoms with Crippen molar-refractivity contribution in [3.8, 4) is 0 Å². The van der Waals surface area contributed by atoms with E-state index in [1.165, 1.54) is 0 Å². The Hall–Kier alpha value is -0.0600. The Morgan fingerprint density at radius 3 is 1.42 bits per heavy atom. The van der Waals surface area contributed by atoms with E-state index >= 15 is 0 Å². The third-order valence-electron chi connectivity index (χ3n) is 2.08. The van der Waals surface area contributed by atoms with Gasteiger partial charge in [0.05, 0.1) is 13.2 Å². The molecule has 0 atom stereocenters. The van der Waals surface area contributed by atoms with E-state index in [9.17, 15) is 0 Å². The van der Waals surface area contributed by atoms with Gasteiger partial charge in [0, 0.05) is 11.8 Å². The Labute approximate surface area is 126 Å². The zero-order valence-corrected chi connectivity index (χ0v) is 12.9. The van der Waals surface area contributed by atoms with Crippen molar-refractivity contribution in [1.82, 2.24) is 0 Å². The van der Waals surface area contributed by atoms with E-state index in [2.05, 4.69) is 24.3 Å². The molecule has 0 rings (SSSR count). The lowest BCUT2D eigenvalue weighted by Crippen LogP contribution is -2.05. The molecule has 0 amide bonds. The van der Waals surface area contributed by atoms with Crippen molar-refractivity contribution < 1.29 is 14.2 Å². The molecule has 0 saturated carbocycles. The van der Waals surface area contributed by atoms with Gasteiger partial charge >= 0.3 is 0 Å². The molecule has 0 heterocycles.